The number of amides is 2. The van der Waals surface area contributed by atoms with E-state index in [0.717, 1.165) is 32.1 Å². The Balaban J connectivity index is 1.69. The maximum Gasteiger partial charge on any atom is 0.331 e. The highest BCUT2D eigenvalue weighted by Gasteiger charge is 2.19. The lowest BCUT2D eigenvalue weighted by Gasteiger charge is -2.16. The van der Waals surface area contributed by atoms with Gasteiger partial charge in [-0.3, -0.25) is 23.5 Å². The molecule has 1 saturated carbocycles. The van der Waals surface area contributed by atoms with Gasteiger partial charge in [0.1, 0.15) is 6.54 Å². The van der Waals surface area contributed by atoms with E-state index in [0.29, 0.717) is 42.6 Å². The topological polar surface area (TPSA) is 102 Å². The van der Waals surface area contributed by atoms with E-state index in [4.69, 9.17) is 0 Å². The largest absolute Gasteiger partial charge is 0.356 e. The number of fused-ring (bicyclic) bond motifs is 1. The second-order valence-electron chi connectivity index (χ2n) is 9.38. The molecule has 1 fully saturated rings. The Morgan fingerprint density at radius 1 is 1.03 bits per heavy atom. The van der Waals surface area contributed by atoms with Gasteiger partial charge in [-0.05, 0) is 50.2 Å². The molecule has 0 bridgehead atoms. The minimum absolute atomic E-state index is 0.0116. The van der Waals surface area contributed by atoms with E-state index in [2.05, 4.69) is 24.5 Å². The quantitative estimate of drug-likeness (QED) is 0.507. The summed E-state index contributed by atoms with van der Waals surface area (Å²) in [5.74, 6) is 0.312. The molecular formula is C25H36N4O4. The smallest absolute Gasteiger partial charge is 0.331 e. The predicted octanol–water partition coefficient (Wildman–Crippen LogP) is 2.55. The Morgan fingerprint density at radius 2 is 1.76 bits per heavy atom. The number of para-hydroxylation sites is 1. The standard InChI is InChI=1S/C25H36N4O4/c1-18(2)14-15-26-22(30)13-7-8-16-28-24(32)20-11-5-6-12-21(20)29(25(28)33)17-23(31)27-19-9-3-4-10-19/h5-6,11-12,18-19H,3-4,7-10,13-17H2,1-2H3,(H,26,30)(H,27,31). The highest BCUT2D eigenvalue weighted by atomic mass is 16.2. The van der Waals surface area contributed by atoms with Crippen molar-refractivity contribution in [1.82, 2.24) is 19.8 Å². The van der Waals surface area contributed by atoms with Crippen molar-refractivity contribution in [2.45, 2.75) is 84.3 Å². The van der Waals surface area contributed by atoms with Gasteiger partial charge in [0.15, 0.2) is 0 Å². The molecule has 0 aliphatic heterocycles. The fraction of sp³-hybridized carbons (Fsp3) is 0.600. The SMILES string of the molecule is CC(C)CCNC(=O)CCCCn1c(=O)c2ccccc2n(CC(=O)NC2CCCC2)c1=O. The second kappa shape index (κ2) is 11.8. The summed E-state index contributed by atoms with van der Waals surface area (Å²) in [6.07, 6.45) is 6.54. The first-order valence-electron chi connectivity index (χ1n) is 12.1. The molecule has 2 aromatic rings. The molecule has 180 valence electrons. The van der Waals surface area contributed by atoms with Crippen molar-refractivity contribution in [2.75, 3.05) is 6.54 Å². The Hall–Kier alpha value is -2.90. The summed E-state index contributed by atoms with van der Waals surface area (Å²) in [5, 5.41) is 6.33. The van der Waals surface area contributed by atoms with Crippen molar-refractivity contribution in [3.63, 3.8) is 0 Å². The third-order valence-electron chi connectivity index (χ3n) is 6.23. The van der Waals surface area contributed by atoms with Crippen molar-refractivity contribution >= 4 is 22.7 Å². The monoisotopic (exact) mass is 456 g/mol. The minimum atomic E-state index is -0.485. The van der Waals surface area contributed by atoms with Crippen LogP contribution in [0.15, 0.2) is 33.9 Å². The number of nitrogens with one attached hydrogen (secondary N) is 2. The van der Waals surface area contributed by atoms with Crippen LogP contribution in [0.25, 0.3) is 10.9 Å². The lowest BCUT2D eigenvalue weighted by atomic mass is 10.1. The second-order valence-corrected chi connectivity index (χ2v) is 9.38. The summed E-state index contributed by atoms with van der Waals surface area (Å²) in [6, 6.07) is 7.06. The average molecular weight is 457 g/mol. The van der Waals surface area contributed by atoms with Crippen LogP contribution in [0.3, 0.4) is 0 Å². The molecule has 1 aliphatic carbocycles. The molecule has 8 nitrogen and oxygen atoms in total. The van der Waals surface area contributed by atoms with Gasteiger partial charge in [0.2, 0.25) is 11.8 Å². The van der Waals surface area contributed by atoms with E-state index in [-0.39, 0.29) is 36.5 Å². The number of nitrogens with zero attached hydrogens (tertiary/aromatic N) is 2. The van der Waals surface area contributed by atoms with Gasteiger partial charge in [-0.1, -0.05) is 38.8 Å². The molecule has 1 aliphatic rings. The highest BCUT2D eigenvalue weighted by Crippen LogP contribution is 2.17. The minimum Gasteiger partial charge on any atom is -0.356 e. The van der Waals surface area contributed by atoms with Gasteiger partial charge in [-0.2, -0.15) is 0 Å². The summed E-state index contributed by atoms with van der Waals surface area (Å²) in [6.45, 7) is 4.98. The van der Waals surface area contributed by atoms with Crippen molar-refractivity contribution in [2.24, 2.45) is 5.92 Å². The van der Waals surface area contributed by atoms with E-state index in [1.807, 2.05) is 0 Å². The molecule has 3 rings (SSSR count). The molecule has 8 heteroatoms. The van der Waals surface area contributed by atoms with E-state index in [9.17, 15) is 19.2 Å². The number of rotatable bonds is 11. The number of hydrogen-bond acceptors (Lipinski definition) is 4. The zero-order valence-corrected chi connectivity index (χ0v) is 19.8. The molecule has 1 aromatic carbocycles. The molecule has 1 aromatic heterocycles. The van der Waals surface area contributed by atoms with E-state index < -0.39 is 5.69 Å². The fourth-order valence-corrected chi connectivity index (χ4v) is 4.35. The van der Waals surface area contributed by atoms with Crippen LogP contribution in [0.5, 0.6) is 0 Å². The summed E-state index contributed by atoms with van der Waals surface area (Å²) in [7, 11) is 0. The normalized spacial score (nSPS) is 14.2. The van der Waals surface area contributed by atoms with Crippen LogP contribution in [0.4, 0.5) is 0 Å². The molecule has 2 N–H and O–H groups in total. The van der Waals surface area contributed by atoms with Crippen LogP contribution < -0.4 is 21.9 Å². The lowest BCUT2D eigenvalue weighted by Crippen LogP contribution is -2.44. The fourth-order valence-electron chi connectivity index (χ4n) is 4.35. The third kappa shape index (κ3) is 6.79. The van der Waals surface area contributed by atoms with Gasteiger partial charge in [-0.15, -0.1) is 0 Å². The summed E-state index contributed by atoms with van der Waals surface area (Å²) < 4.78 is 2.58. The van der Waals surface area contributed by atoms with Gasteiger partial charge in [0, 0.05) is 25.6 Å². The number of carbonyl (C=O) groups excluding carboxylic acids is 2. The number of unbranched alkanes of at least 4 members (excludes halogenated alkanes) is 1. The maximum atomic E-state index is 13.2. The molecule has 0 atom stereocenters. The van der Waals surface area contributed by atoms with Crippen LogP contribution in [0.1, 0.15) is 65.2 Å². The van der Waals surface area contributed by atoms with Gasteiger partial charge in [0.05, 0.1) is 10.9 Å². The first kappa shape index (κ1) is 24.7. The van der Waals surface area contributed by atoms with Crippen LogP contribution in [-0.2, 0) is 22.7 Å². The van der Waals surface area contributed by atoms with Crippen LogP contribution in [-0.4, -0.2) is 33.5 Å². The van der Waals surface area contributed by atoms with Gasteiger partial charge in [0.25, 0.3) is 5.56 Å². The molecule has 0 spiro atoms. The van der Waals surface area contributed by atoms with E-state index in [1.54, 1.807) is 24.3 Å². The average Bonchev–Trinajstić information content (AvgIpc) is 3.28. The van der Waals surface area contributed by atoms with Crippen molar-refractivity contribution < 1.29 is 9.59 Å². The Morgan fingerprint density at radius 3 is 2.48 bits per heavy atom. The zero-order chi connectivity index (χ0) is 23.8. The molecule has 0 radical (unpaired) electrons. The van der Waals surface area contributed by atoms with Crippen LogP contribution >= 0.6 is 0 Å². The van der Waals surface area contributed by atoms with Crippen molar-refractivity contribution in [3.8, 4) is 0 Å². The van der Waals surface area contributed by atoms with Crippen molar-refractivity contribution in [3.05, 3.63) is 45.1 Å². The van der Waals surface area contributed by atoms with Crippen LogP contribution in [0, 0.1) is 5.92 Å². The molecule has 0 unspecified atom stereocenters. The zero-order valence-electron chi connectivity index (χ0n) is 19.8. The Labute approximate surface area is 194 Å². The Kier molecular flexibility index (Phi) is 8.86. The molecule has 0 saturated heterocycles. The van der Waals surface area contributed by atoms with Gasteiger partial charge >= 0.3 is 5.69 Å². The lowest BCUT2D eigenvalue weighted by molar-refractivity contribution is -0.122. The molecular weight excluding hydrogens is 420 g/mol. The Bertz CT molecular complexity index is 1080. The first-order valence-corrected chi connectivity index (χ1v) is 12.1. The molecule has 33 heavy (non-hydrogen) atoms. The predicted molar refractivity (Wildman–Crippen MR) is 129 cm³/mol. The first-order chi connectivity index (χ1) is 15.9. The maximum absolute atomic E-state index is 13.2. The number of carbonyl (C=O) groups is 2. The van der Waals surface area contributed by atoms with E-state index >= 15 is 0 Å². The number of aromatic nitrogens is 2. The van der Waals surface area contributed by atoms with E-state index in [1.165, 1.54) is 9.13 Å². The molecule has 1 heterocycles. The third-order valence-corrected chi connectivity index (χ3v) is 6.23. The van der Waals surface area contributed by atoms with Crippen molar-refractivity contribution in [1.29, 1.82) is 0 Å². The highest BCUT2D eigenvalue weighted by molar-refractivity contribution is 5.81. The van der Waals surface area contributed by atoms with Crippen LogP contribution in [0.2, 0.25) is 0 Å². The van der Waals surface area contributed by atoms with Gasteiger partial charge < -0.3 is 10.6 Å². The molecule has 2 amide bonds. The summed E-state index contributed by atoms with van der Waals surface area (Å²) in [5.41, 5.74) is -0.374. The van der Waals surface area contributed by atoms with Gasteiger partial charge in [-0.25, -0.2) is 4.79 Å². The summed E-state index contributed by atoms with van der Waals surface area (Å²) in [4.78, 5) is 50.7. The summed E-state index contributed by atoms with van der Waals surface area (Å²) >= 11 is 0. The number of benzene rings is 1. The number of hydrogen-bond donors (Lipinski definition) is 2.